The Balaban J connectivity index is 2.04. The second-order valence-corrected chi connectivity index (χ2v) is 5.45. The maximum Gasteiger partial charge on any atom is 0.306 e. The number of benzene rings is 1. The van der Waals surface area contributed by atoms with Crippen LogP contribution in [0.1, 0.15) is 37.7 Å². The van der Waals surface area contributed by atoms with Gasteiger partial charge in [-0.2, -0.15) is 0 Å². The highest BCUT2D eigenvalue weighted by atomic mass is 19.1. The van der Waals surface area contributed by atoms with Crippen molar-refractivity contribution in [2.45, 2.75) is 32.1 Å². The minimum absolute atomic E-state index is 0.00736. The fourth-order valence-corrected chi connectivity index (χ4v) is 2.82. The van der Waals surface area contributed by atoms with E-state index in [-0.39, 0.29) is 23.6 Å². The smallest absolute Gasteiger partial charge is 0.306 e. The number of aliphatic carboxylic acids is 1. The van der Waals surface area contributed by atoms with E-state index in [9.17, 15) is 14.0 Å². The standard InChI is InChI=1S/C16H20FNO3/c1-2-14(11-3-5-13(17)6-4-11)15(19)18-9-7-12(8-10-18)16(20)21/h3-6,12,14H,2,7-10H2,1H3,(H,20,21). The molecular weight excluding hydrogens is 273 g/mol. The van der Waals surface area contributed by atoms with Crippen molar-refractivity contribution in [2.24, 2.45) is 5.92 Å². The molecule has 1 aliphatic heterocycles. The molecule has 1 aliphatic rings. The molecule has 114 valence electrons. The quantitative estimate of drug-likeness (QED) is 0.928. The van der Waals surface area contributed by atoms with Crippen LogP contribution in [-0.2, 0) is 9.59 Å². The van der Waals surface area contributed by atoms with Crippen molar-refractivity contribution in [3.05, 3.63) is 35.6 Å². The Hall–Kier alpha value is -1.91. The van der Waals surface area contributed by atoms with Crippen LogP contribution in [0.2, 0.25) is 0 Å². The first kappa shape index (κ1) is 15.5. The van der Waals surface area contributed by atoms with Gasteiger partial charge in [-0.25, -0.2) is 4.39 Å². The van der Waals surface area contributed by atoms with Gasteiger partial charge in [0.25, 0.3) is 0 Å². The number of carboxylic acid groups (broad SMARTS) is 1. The average molecular weight is 293 g/mol. The molecule has 1 atom stereocenters. The molecule has 1 saturated heterocycles. The predicted molar refractivity (Wildman–Crippen MR) is 76.4 cm³/mol. The average Bonchev–Trinajstić information content (AvgIpc) is 2.50. The molecule has 1 aromatic rings. The van der Waals surface area contributed by atoms with Crippen molar-refractivity contribution in [3.8, 4) is 0 Å². The van der Waals surface area contributed by atoms with E-state index in [0.717, 1.165) is 5.56 Å². The van der Waals surface area contributed by atoms with Gasteiger partial charge in [0.2, 0.25) is 5.91 Å². The molecule has 0 aliphatic carbocycles. The third-order valence-corrected chi connectivity index (χ3v) is 4.13. The largest absolute Gasteiger partial charge is 0.481 e. The lowest BCUT2D eigenvalue weighted by atomic mass is 9.92. The van der Waals surface area contributed by atoms with Crippen LogP contribution in [0, 0.1) is 11.7 Å². The van der Waals surface area contributed by atoms with Crippen LogP contribution in [-0.4, -0.2) is 35.0 Å². The number of hydrogen-bond donors (Lipinski definition) is 1. The summed E-state index contributed by atoms with van der Waals surface area (Å²) in [6.45, 7) is 2.89. The van der Waals surface area contributed by atoms with Crippen LogP contribution in [0.4, 0.5) is 4.39 Å². The van der Waals surface area contributed by atoms with Crippen LogP contribution >= 0.6 is 0 Å². The summed E-state index contributed by atoms with van der Waals surface area (Å²) in [5.41, 5.74) is 0.809. The molecule has 1 aromatic carbocycles. The third-order valence-electron chi connectivity index (χ3n) is 4.13. The minimum atomic E-state index is -0.785. The summed E-state index contributed by atoms with van der Waals surface area (Å²) in [4.78, 5) is 25.2. The van der Waals surface area contributed by atoms with E-state index in [0.29, 0.717) is 32.4 Å². The van der Waals surface area contributed by atoms with E-state index < -0.39 is 5.97 Å². The van der Waals surface area contributed by atoms with Gasteiger partial charge in [-0.05, 0) is 37.0 Å². The highest BCUT2D eigenvalue weighted by molar-refractivity contribution is 5.84. The first-order valence-electron chi connectivity index (χ1n) is 7.30. The molecular formula is C16H20FNO3. The summed E-state index contributed by atoms with van der Waals surface area (Å²) in [6, 6.07) is 6.01. The van der Waals surface area contributed by atoms with Gasteiger partial charge in [-0.3, -0.25) is 9.59 Å². The number of likely N-dealkylation sites (tertiary alicyclic amines) is 1. The number of piperidine rings is 1. The number of amides is 1. The van der Waals surface area contributed by atoms with Gasteiger partial charge in [0.1, 0.15) is 5.82 Å². The van der Waals surface area contributed by atoms with E-state index in [1.807, 2.05) is 6.92 Å². The SMILES string of the molecule is CCC(C(=O)N1CCC(C(=O)O)CC1)c1ccc(F)cc1. The molecule has 5 heteroatoms. The first-order chi connectivity index (χ1) is 10.0. The van der Waals surface area contributed by atoms with Crippen LogP contribution < -0.4 is 0 Å². The van der Waals surface area contributed by atoms with Crippen LogP contribution in [0.15, 0.2) is 24.3 Å². The second kappa shape index (κ2) is 6.70. The van der Waals surface area contributed by atoms with Gasteiger partial charge < -0.3 is 10.0 Å². The van der Waals surface area contributed by atoms with E-state index in [2.05, 4.69) is 0 Å². The number of hydrogen-bond acceptors (Lipinski definition) is 2. The van der Waals surface area contributed by atoms with Crippen molar-refractivity contribution in [3.63, 3.8) is 0 Å². The Morgan fingerprint density at radius 3 is 2.33 bits per heavy atom. The Morgan fingerprint density at radius 1 is 1.29 bits per heavy atom. The Bertz CT molecular complexity index is 507. The molecule has 21 heavy (non-hydrogen) atoms. The molecule has 4 nitrogen and oxygen atoms in total. The van der Waals surface area contributed by atoms with Gasteiger partial charge in [-0.1, -0.05) is 19.1 Å². The van der Waals surface area contributed by atoms with Crippen molar-refractivity contribution in [2.75, 3.05) is 13.1 Å². The fraction of sp³-hybridized carbons (Fsp3) is 0.500. The number of halogens is 1. The molecule has 0 aromatic heterocycles. The Labute approximate surface area is 123 Å². The molecule has 1 N–H and O–H groups in total. The maximum absolute atomic E-state index is 13.0. The molecule has 0 radical (unpaired) electrons. The van der Waals surface area contributed by atoms with Crippen molar-refractivity contribution in [1.29, 1.82) is 0 Å². The number of carboxylic acids is 1. The molecule has 0 bridgehead atoms. The van der Waals surface area contributed by atoms with Crippen LogP contribution in [0.25, 0.3) is 0 Å². The summed E-state index contributed by atoms with van der Waals surface area (Å²) in [7, 11) is 0. The molecule has 1 amide bonds. The van der Waals surface area contributed by atoms with Crippen molar-refractivity contribution >= 4 is 11.9 Å². The first-order valence-corrected chi connectivity index (χ1v) is 7.30. The topological polar surface area (TPSA) is 57.6 Å². The van der Waals surface area contributed by atoms with Crippen molar-refractivity contribution < 1.29 is 19.1 Å². The summed E-state index contributed by atoms with van der Waals surface area (Å²) in [6.07, 6.45) is 1.64. The summed E-state index contributed by atoms with van der Waals surface area (Å²) < 4.78 is 13.0. The third kappa shape index (κ3) is 3.60. The summed E-state index contributed by atoms with van der Waals surface area (Å²) in [5, 5.41) is 8.98. The zero-order valence-electron chi connectivity index (χ0n) is 12.1. The zero-order chi connectivity index (χ0) is 15.4. The summed E-state index contributed by atoms with van der Waals surface area (Å²) in [5.74, 6) is -1.73. The van der Waals surface area contributed by atoms with Crippen LogP contribution in [0.5, 0.6) is 0 Å². The van der Waals surface area contributed by atoms with Gasteiger partial charge in [0.15, 0.2) is 0 Å². The van der Waals surface area contributed by atoms with Gasteiger partial charge >= 0.3 is 5.97 Å². The van der Waals surface area contributed by atoms with Crippen molar-refractivity contribution in [1.82, 2.24) is 4.90 Å². The highest BCUT2D eigenvalue weighted by Crippen LogP contribution is 2.26. The number of rotatable bonds is 4. The monoisotopic (exact) mass is 293 g/mol. The van der Waals surface area contributed by atoms with E-state index in [1.165, 1.54) is 12.1 Å². The molecule has 0 spiro atoms. The number of nitrogens with zero attached hydrogens (tertiary/aromatic N) is 1. The lowest BCUT2D eigenvalue weighted by Gasteiger charge is -2.32. The van der Waals surface area contributed by atoms with E-state index in [1.54, 1.807) is 17.0 Å². The predicted octanol–water partition coefficient (Wildman–Crippen LogP) is 2.64. The van der Waals surface area contributed by atoms with Crippen LogP contribution in [0.3, 0.4) is 0 Å². The number of carbonyl (C=O) groups excluding carboxylic acids is 1. The summed E-state index contributed by atoms with van der Waals surface area (Å²) >= 11 is 0. The van der Waals surface area contributed by atoms with Gasteiger partial charge in [-0.15, -0.1) is 0 Å². The van der Waals surface area contributed by atoms with E-state index >= 15 is 0 Å². The number of carbonyl (C=O) groups is 2. The minimum Gasteiger partial charge on any atom is -0.481 e. The van der Waals surface area contributed by atoms with Gasteiger partial charge in [0.05, 0.1) is 11.8 Å². The molecule has 1 heterocycles. The zero-order valence-corrected chi connectivity index (χ0v) is 12.1. The molecule has 2 rings (SSSR count). The molecule has 0 saturated carbocycles. The molecule has 1 fully saturated rings. The lowest BCUT2D eigenvalue weighted by molar-refractivity contribution is -0.146. The Morgan fingerprint density at radius 2 is 1.86 bits per heavy atom. The van der Waals surface area contributed by atoms with E-state index in [4.69, 9.17) is 5.11 Å². The highest BCUT2D eigenvalue weighted by Gasteiger charge is 2.30. The Kier molecular flexibility index (Phi) is 4.94. The second-order valence-electron chi connectivity index (χ2n) is 5.45. The maximum atomic E-state index is 13.0. The lowest BCUT2D eigenvalue weighted by Crippen LogP contribution is -2.42. The fourth-order valence-electron chi connectivity index (χ4n) is 2.82. The molecule has 1 unspecified atom stereocenters. The van der Waals surface area contributed by atoms with Gasteiger partial charge in [0, 0.05) is 13.1 Å². The normalized spacial score (nSPS) is 17.5.